The molecule has 1 aliphatic carbocycles. The molecule has 3 aliphatic heterocycles. The van der Waals surface area contributed by atoms with Crippen LogP contribution < -0.4 is 5.32 Å². The van der Waals surface area contributed by atoms with E-state index < -0.39 is 0 Å². The fourth-order valence-corrected chi connectivity index (χ4v) is 6.01. The van der Waals surface area contributed by atoms with Crippen LogP contribution in [0.15, 0.2) is 0 Å². The lowest BCUT2D eigenvalue weighted by Crippen LogP contribution is -2.68. The number of carbonyl (C=O) groups excluding carboxylic acids is 2. The van der Waals surface area contributed by atoms with Crippen LogP contribution in [0.25, 0.3) is 0 Å². The van der Waals surface area contributed by atoms with Crippen molar-refractivity contribution in [3.8, 4) is 0 Å². The van der Waals surface area contributed by atoms with Crippen molar-refractivity contribution in [2.75, 3.05) is 58.2 Å². The Hall–Kier alpha value is -1.44. The number of nitrogens with one attached hydrogen (secondary N) is 1. The van der Waals surface area contributed by atoms with Gasteiger partial charge in [-0.05, 0) is 30.7 Å². The second-order valence-electron chi connectivity index (χ2n) is 8.11. The SMILES string of the molecule is COC(=O)c1c(NC(=O)C[N+]23CCN(CC2)CC3)sc2c1CC[C@@H](C)C2. The van der Waals surface area contributed by atoms with Crippen molar-refractivity contribution in [2.24, 2.45) is 5.92 Å². The number of anilines is 1. The van der Waals surface area contributed by atoms with Crippen LogP contribution in [0.2, 0.25) is 0 Å². The van der Waals surface area contributed by atoms with Gasteiger partial charge in [0.05, 0.1) is 32.3 Å². The van der Waals surface area contributed by atoms with E-state index in [1.807, 2.05) is 0 Å². The highest BCUT2D eigenvalue weighted by atomic mass is 32.1. The summed E-state index contributed by atoms with van der Waals surface area (Å²) in [5.41, 5.74) is 1.69. The molecule has 0 aromatic carbocycles. The zero-order valence-electron chi connectivity index (χ0n) is 15.7. The van der Waals surface area contributed by atoms with Gasteiger partial charge in [-0.2, -0.15) is 0 Å². The Kier molecular flexibility index (Phi) is 4.79. The molecule has 1 aromatic heterocycles. The Morgan fingerprint density at radius 1 is 1.27 bits per heavy atom. The predicted molar refractivity (Wildman–Crippen MR) is 102 cm³/mol. The standard InChI is InChI=1S/C19H27N3O3S/c1-13-3-4-14-15(11-13)26-18(17(14)19(24)25-2)20-16(23)12-22-8-5-21(6-9-22)7-10-22/h13H,3-12H2,1-2H3/p+1/t13-/m1/s1. The number of esters is 1. The smallest absolute Gasteiger partial charge is 0.341 e. The van der Waals surface area contributed by atoms with Crippen molar-refractivity contribution in [3.63, 3.8) is 0 Å². The molecule has 1 N–H and O–H groups in total. The average molecular weight is 379 g/mol. The maximum atomic E-state index is 12.8. The van der Waals surface area contributed by atoms with Gasteiger partial charge in [-0.3, -0.25) is 9.69 Å². The lowest BCUT2D eigenvalue weighted by atomic mass is 9.88. The molecule has 6 nitrogen and oxygen atoms in total. The minimum atomic E-state index is -0.328. The number of quaternary nitrogens is 1. The van der Waals surface area contributed by atoms with E-state index in [2.05, 4.69) is 17.1 Å². The first-order chi connectivity index (χ1) is 12.5. The Morgan fingerprint density at radius 2 is 1.96 bits per heavy atom. The zero-order chi connectivity index (χ0) is 18.3. The number of rotatable bonds is 4. The van der Waals surface area contributed by atoms with Gasteiger partial charge in [0.2, 0.25) is 0 Å². The molecule has 0 spiro atoms. The summed E-state index contributed by atoms with van der Waals surface area (Å²) in [6, 6.07) is 0. The molecule has 26 heavy (non-hydrogen) atoms. The number of amides is 1. The monoisotopic (exact) mass is 378 g/mol. The molecular formula is C19H28N3O3S+. The fourth-order valence-electron chi connectivity index (χ4n) is 4.60. The number of nitrogens with zero attached hydrogens (tertiary/aromatic N) is 2. The summed E-state index contributed by atoms with van der Waals surface area (Å²) in [7, 11) is 1.41. The van der Waals surface area contributed by atoms with E-state index in [1.165, 1.54) is 12.0 Å². The lowest BCUT2D eigenvalue weighted by molar-refractivity contribution is -0.933. The zero-order valence-corrected chi connectivity index (χ0v) is 16.5. The van der Waals surface area contributed by atoms with E-state index in [1.54, 1.807) is 11.3 Å². The largest absolute Gasteiger partial charge is 0.465 e. The molecule has 3 saturated heterocycles. The first kappa shape index (κ1) is 17.9. The van der Waals surface area contributed by atoms with Crippen LogP contribution in [0.4, 0.5) is 5.00 Å². The van der Waals surface area contributed by atoms with E-state index in [4.69, 9.17) is 4.74 Å². The van der Waals surface area contributed by atoms with Gasteiger partial charge in [0.15, 0.2) is 6.54 Å². The number of hydrogen-bond donors (Lipinski definition) is 1. The van der Waals surface area contributed by atoms with Crippen molar-refractivity contribution < 1.29 is 18.8 Å². The summed E-state index contributed by atoms with van der Waals surface area (Å²) >= 11 is 1.57. The van der Waals surface area contributed by atoms with E-state index in [0.29, 0.717) is 23.0 Å². The van der Waals surface area contributed by atoms with Crippen LogP contribution in [0, 0.1) is 5.92 Å². The molecule has 1 atom stereocenters. The number of thiophene rings is 1. The number of carbonyl (C=O) groups is 2. The van der Waals surface area contributed by atoms with E-state index >= 15 is 0 Å². The lowest BCUT2D eigenvalue weighted by Gasteiger charge is -2.50. The molecule has 0 unspecified atom stereocenters. The fraction of sp³-hybridized carbons (Fsp3) is 0.684. The van der Waals surface area contributed by atoms with Crippen LogP contribution in [0.5, 0.6) is 0 Å². The summed E-state index contributed by atoms with van der Waals surface area (Å²) < 4.78 is 5.90. The Morgan fingerprint density at radius 3 is 2.62 bits per heavy atom. The first-order valence-electron chi connectivity index (χ1n) is 9.60. The second kappa shape index (κ2) is 6.94. The molecule has 142 valence electrons. The quantitative estimate of drug-likeness (QED) is 0.641. The Labute approximate surface area is 158 Å². The van der Waals surface area contributed by atoms with Gasteiger partial charge < -0.3 is 14.5 Å². The minimum absolute atomic E-state index is 0.0251. The third-order valence-electron chi connectivity index (χ3n) is 6.30. The van der Waals surface area contributed by atoms with Crippen LogP contribution in [0.3, 0.4) is 0 Å². The maximum absolute atomic E-state index is 12.8. The number of ether oxygens (including phenoxy) is 1. The minimum Gasteiger partial charge on any atom is -0.465 e. The second-order valence-corrected chi connectivity index (χ2v) is 9.21. The van der Waals surface area contributed by atoms with Gasteiger partial charge in [0.25, 0.3) is 5.91 Å². The van der Waals surface area contributed by atoms with E-state index in [-0.39, 0.29) is 11.9 Å². The van der Waals surface area contributed by atoms with Crippen LogP contribution in [-0.4, -0.2) is 74.2 Å². The van der Waals surface area contributed by atoms with Gasteiger partial charge in [0, 0.05) is 24.5 Å². The number of piperazine rings is 3. The Bertz CT molecular complexity index is 708. The van der Waals surface area contributed by atoms with Crippen molar-refractivity contribution in [1.82, 2.24) is 4.90 Å². The number of fused-ring (bicyclic) bond motifs is 4. The van der Waals surface area contributed by atoms with Gasteiger partial charge in [-0.1, -0.05) is 6.92 Å². The van der Waals surface area contributed by atoms with Gasteiger partial charge in [-0.15, -0.1) is 11.3 Å². The predicted octanol–water partition coefficient (Wildman–Crippen LogP) is 1.74. The summed E-state index contributed by atoms with van der Waals surface area (Å²) in [4.78, 5) is 28.9. The number of hydrogen-bond acceptors (Lipinski definition) is 5. The molecule has 4 aliphatic rings. The normalized spacial score (nSPS) is 29.9. The molecule has 5 rings (SSSR count). The molecule has 0 radical (unpaired) electrons. The van der Waals surface area contributed by atoms with Crippen LogP contribution >= 0.6 is 11.3 Å². The number of methoxy groups -OCH3 is 1. The van der Waals surface area contributed by atoms with Gasteiger partial charge in [-0.25, -0.2) is 4.79 Å². The third kappa shape index (κ3) is 3.28. The first-order valence-corrected chi connectivity index (χ1v) is 10.4. The average Bonchev–Trinajstić information content (AvgIpc) is 2.98. The summed E-state index contributed by atoms with van der Waals surface area (Å²) in [5, 5.41) is 3.76. The van der Waals surface area contributed by atoms with Crippen LogP contribution in [-0.2, 0) is 22.4 Å². The van der Waals surface area contributed by atoms with Crippen molar-refractivity contribution in [1.29, 1.82) is 0 Å². The topological polar surface area (TPSA) is 58.6 Å². The molecule has 2 bridgehead atoms. The van der Waals surface area contributed by atoms with Gasteiger partial charge in [0.1, 0.15) is 5.00 Å². The Balaban J connectivity index is 1.53. The molecule has 0 saturated carbocycles. The van der Waals surface area contributed by atoms with E-state index in [9.17, 15) is 9.59 Å². The highest BCUT2D eigenvalue weighted by Gasteiger charge is 2.40. The summed E-state index contributed by atoms with van der Waals surface area (Å²) in [6.45, 7) is 9.17. The summed E-state index contributed by atoms with van der Waals surface area (Å²) in [6.07, 6.45) is 2.95. The highest BCUT2D eigenvalue weighted by molar-refractivity contribution is 7.17. The van der Waals surface area contributed by atoms with Crippen molar-refractivity contribution in [2.45, 2.75) is 26.2 Å². The molecule has 7 heteroatoms. The third-order valence-corrected chi connectivity index (χ3v) is 7.47. The van der Waals surface area contributed by atoms with Gasteiger partial charge >= 0.3 is 5.97 Å². The highest BCUT2D eigenvalue weighted by Crippen LogP contribution is 2.40. The van der Waals surface area contributed by atoms with Crippen molar-refractivity contribution in [3.05, 3.63) is 16.0 Å². The maximum Gasteiger partial charge on any atom is 0.341 e. The van der Waals surface area contributed by atoms with E-state index in [0.717, 1.165) is 68.6 Å². The molecular weight excluding hydrogens is 350 g/mol. The molecule has 1 aromatic rings. The molecule has 4 heterocycles. The van der Waals surface area contributed by atoms with Crippen molar-refractivity contribution >= 4 is 28.2 Å². The van der Waals surface area contributed by atoms with Crippen LogP contribution in [0.1, 0.15) is 34.1 Å². The summed E-state index contributed by atoms with van der Waals surface area (Å²) in [5.74, 6) is 0.321. The molecule has 1 amide bonds. The molecule has 3 fully saturated rings.